The van der Waals surface area contributed by atoms with Gasteiger partial charge < -0.3 is 19.1 Å². The van der Waals surface area contributed by atoms with Gasteiger partial charge in [-0.05, 0) is 40.7 Å². The van der Waals surface area contributed by atoms with Crippen molar-refractivity contribution in [2.75, 3.05) is 11.9 Å². The number of terminal acetylenes is 1. The molecule has 1 aromatic heterocycles. The van der Waals surface area contributed by atoms with Crippen LogP contribution in [0.2, 0.25) is 0 Å². The van der Waals surface area contributed by atoms with Gasteiger partial charge in [-0.25, -0.2) is 13.9 Å². The predicted octanol–water partition coefficient (Wildman–Crippen LogP) is 3.23. The van der Waals surface area contributed by atoms with Gasteiger partial charge >= 0.3 is 5.69 Å². The van der Waals surface area contributed by atoms with Gasteiger partial charge in [-0.2, -0.15) is 4.98 Å². The zero-order valence-corrected chi connectivity index (χ0v) is 19.9. The van der Waals surface area contributed by atoms with Gasteiger partial charge in [0.1, 0.15) is 11.9 Å². The van der Waals surface area contributed by atoms with E-state index in [9.17, 15) is 9.59 Å². The van der Waals surface area contributed by atoms with Crippen molar-refractivity contribution in [2.24, 2.45) is 0 Å². The Morgan fingerprint density at radius 3 is 2.72 bits per heavy atom. The molecule has 178 valence electrons. The van der Waals surface area contributed by atoms with Gasteiger partial charge in [0.2, 0.25) is 5.91 Å². The van der Waals surface area contributed by atoms with Crippen LogP contribution in [0.5, 0.6) is 0 Å². The number of halogens is 1. The van der Waals surface area contributed by atoms with Crippen molar-refractivity contribution in [3.05, 3.63) is 22.7 Å². The topological polar surface area (TPSA) is 94.9 Å². The van der Waals surface area contributed by atoms with Crippen LogP contribution in [0.25, 0.3) is 0 Å². The minimum Gasteiger partial charge on any atom is -0.349 e. The molecule has 1 saturated heterocycles. The van der Waals surface area contributed by atoms with E-state index >= 15 is 4.39 Å². The van der Waals surface area contributed by atoms with Crippen molar-refractivity contribution in [1.82, 2.24) is 14.2 Å². The van der Waals surface area contributed by atoms with E-state index in [1.807, 2.05) is 32.4 Å². The summed E-state index contributed by atoms with van der Waals surface area (Å²) < 4.78 is 44.1. The van der Waals surface area contributed by atoms with E-state index in [0.717, 1.165) is 4.57 Å². The third kappa shape index (κ3) is 6.56. The molecule has 1 N–H and O–H groups in total. The van der Waals surface area contributed by atoms with Crippen LogP contribution in [-0.4, -0.2) is 57.2 Å². The largest absolute Gasteiger partial charge is 0.351 e. The molecule has 11 heteroatoms. The summed E-state index contributed by atoms with van der Waals surface area (Å²) in [6.07, 6.45) is 1.86. The van der Waals surface area contributed by atoms with E-state index in [-0.39, 0.29) is 37.3 Å². The molecule has 0 spiro atoms. The Kier molecular flexibility index (Phi) is 9.14. The number of alkyl halides is 1. The van der Waals surface area contributed by atoms with Crippen molar-refractivity contribution in [3.8, 4) is 12.3 Å². The lowest BCUT2D eigenvalue weighted by Gasteiger charge is -2.37. The number of ether oxygens (including phenoxy) is 1. The van der Waals surface area contributed by atoms with Gasteiger partial charge in [0.25, 0.3) is 8.53 Å². The minimum absolute atomic E-state index is 0.0423. The van der Waals surface area contributed by atoms with Crippen LogP contribution in [0.3, 0.4) is 0 Å². The van der Waals surface area contributed by atoms with Gasteiger partial charge in [-0.3, -0.25) is 9.36 Å². The maximum Gasteiger partial charge on any atom is 0.351 e. The third-order valence-corrected chi connectivity index (χ3v) is 6.71. The lowest BCUT2D eigenvalue weighted by molar-refractivity contribution is -0.114. The van der Waals surface area contributed by atoms with Crippen LogP contribution in [-0.2, 0) is 18.6 Å². The van der Waals surface area contributed by atoms with Crippen LogP contribution < -0.4 is 11.0 Å². The number of anilines is 1. The van der Waals surface area contributed by atoms with E-state index < -0.39 is 38.8 Å². The maximum absolute atomic E-state index is 15.6. The average Bonchev–Trinajstić information content (AvgIpc) is 3.02. The zero-order chi connectivity index (χ0) is 24.7. The van der Waals surface area contributed by atoms with Gasteiger partial charge in [0.05, 0.1) is 12.7 Å². The highest BCUT2D eigenvalue weighted by molar-refractivity contribution is 7.44. The fourth-order valence-corrected chi connectivity index (χ4v) is 5.08. The third-order valence-electron chi connectivity index (χ3n) is 4.58. The molecule has 1 aliphatic rings. The second-order valence-corrected chi connectivity index (χ2v) is 9.26. The Labute approximate surface area is 191 Å². The number of nitrogens with one attached hydrogen (secondary N) is 1. The van der Waals surface area contributed by atoms with Crippen LogP contribution in [0, 0.1) is 12.3 Å². The van der Waals surface area contributed by atoms with E-state index in [2.05, 4.69) is 16.2 Å². The maximum atomic E-state index is 15.6. The first-order valence-electron chi connectivity index (χ1n) is 11.1. The van der Waals surface area contributed by atoms with E-state index in [0.29, 0.717) is 6.42 Å². The van der Waals surface area contributed by atoms with Gasteiger partial charge in [0, 0.05) is 33.0 Å². The summed E-state index contributed by atoms with van der Waals surface area (Å²) in [5.41, 5.74) is -0.795. The summed E-state index contributed by atoms with van der Waals surface area (Å²) in [6.45, 7) is 9.17. The summed E-state index contributed by atoms with van der Waals surface area (Å²) >= 11 is 0. The molecule has 0 saturated carbocycles. The van der Waals surface area contributed by atoms with Crippen LogP contribution in [0.1, 0.15) is 55.5 Å². The van der Waals surface area contributed by atoms with Crippen LogP contribution in [0.15, 0.2) is 17.1 Å². The van der Waals surface area contributed by atoms with Gasteiger partial charge in [0.15, 0.2) is 12.4 Å². The van der Waals surface area contributed by atoms with Gasteiger partial charge in [-0.15, -0.1) is 12.3 Å². The number of aromatic nitrogens is 2. The highest BCUT2D eigenvalue weighted by atomic mass is 31.2. The molecule has 0 radical (unpaired) electrons. The average molecular weight is 471 g/mol. The molecule has 1 fully saturated rings. The summed E-state index contributed by atoms with van der Waals surface area (Å²) in [6, 6.07) is 1.46. The molecule has 2 heterocycles. The minimum atomic E-state index is -1.76. The predicted molar refractivity (Wildman–Crippen MR) is 121 cm³/mol. The number of hydrogen-bond acceptors (Lipinski definition) is 7. The Hall–Kier alpha value is -1.89. The lowest BCUT2D eigenvalue weighted by Crippen LogP contribution is -2.38. The Morgan fingerprint density at radius 2 is 2.19 bits per heavy atom. The zero-order valence-electron chi connectivity index (χ0n) is 20.0. The first kappa shape index (κ1) is 24.7. The second-order valence-electron chi connectivity index (χ2n) is 7.86. The normalized spacial score (nSPS) is 24.6. The summed E-state index contributed by atoms with van der Waals surface area (Å²) in [4.78, 5) is 27.4. The fraction of sp³-hybridized carbons (Fsp3) is 0.667. The van der Waals surface area contributed by atoms with Crippen molar-refractivity contribution in [2.45, 2.75) is 84.6 Å². The van der Waals surface area contributed by atoms with Crippen molar-refractivity contribution < 1.29 is 24.3 Å². The van der Waals surface area contributed by atoms with Crippen LogP contribution in [0.4, 0.5) is 10.2 Å². The summed E-state index contributed by atoms with van der Waals surface area (Å²) in [7, 11) is -1.71. The first-order chi connectivity index (χ1) is 15.6. The van der Waals surface area contributed by atoms with Gasteiger partial charge in [-0.1, -0.05) is 0 Å². The highest BCUT2D eigenvalue weighted by Gasteiger charge is 2.47. The molecule has 1 amide bonds. The fourth-order valence-electron chi connectivity index (χ4n) is 3.31. The first-order valence-corrected chi connectivity index (χ1v) is 11.5. The number of carbonyl (C=O) groups excluding carboxylic acids is 1. The smallest absolute Gasteiger partial charge is 0.349 e. The molecule has 0 aliphatic carbocycles. The quantitative estimate of drug-likeness (QED) is 0.318. The Morgan fingerprint density at radius 1 is 1.50 bits per heavy atom. The molecule has 1 aliphatic heterocycles. The summed E-state index contributed by atoms with van der Waals surface area (Å²) in [5.74, 6) is 2.17. The van der Waals surface area contributed by atoms with E-state index in [1.165, 1.54) is 19.2 Å². The molecule has 0 aromatic carbocycles. The Bertz CT molecular complexity index is 888. The van der Waals surface area contributed by atoms with Crippen molar-refractivity contribution in [1.29, 1.82) is 0 Å². The van der Waals surface area contributed by atoms with Crippen LogP contribution >= 0.6 is 8.53 Å². The number of amides is 1. The molecule has 9 nitrogen and oxygen atoms in total. The second kappa shape index (κ2) is 11.8. The highest BCUT2D eigenvalue weighted by Crippen LogP contribution is 2.50. The lowest BCUT2D eigenvalue weighted by atomic mass is 10.2. The standard InChI is InChI=1S/C21H32FN4O5P/c1-8-9-12-29-32(26(13(2)3)14(4)5)31-19-15(6)30-20(18(19)22)25-11-10-17(23-16(7)27)24-21(25)28/h1,10-11,13-15,18-20H,9,12H2,2-7H3,(H,23,24,27,28)/i6D. The molecular formula is C21H32FN4O5P. The molecule has 0 bridgehead atoms. The monoisotopic (exact) mass is 471 g/mol. The molecule has 5 atom stereocenters. The number of rotatable bonds is 10. The van der Waals surface area contributed by atoms with E-state index in [4.69, 9.17) is 21.6 Å². The van der Waals surface area contributed by atoms with E-state index in [1.54, 1.807) is 0 Å². The number of carbonyl (C=O) groups is 1. The molecule has 5 unspecified atom stereocenters. The molecule has 2 rings (SSSR count). The summed E-state index contributed by atoms with van der Waals surface area (Å²) in [5, 5.41) is 2.40. The number of nitrogens with zero attached hydrogens (tertiary/aromatic N) is 3. The molecular weight excluding hydrogens is 438 g/mol. The Balaban J connectivity index is 2.28. The van der Waals surface area contributed by atoms with Crippen molar-refractivity contribution >= 4 is 20.3 Å². The number of hydrogen-bond donors (Lipinski definition) is 1. The molecule has 32 heavy (non-hydrogen) atoms. The van der Waals surface area contributed by atoms with Crippen molar-refractivity contribution in [3.63, 3.8) is 0 Å². The molecule has 1 aromatic rings. The SMILES string of the molecule is [2H]CC1OC(n2ccc(NC(C)=O)nc2=O)C(F)C1OP(OCCC#C)N(C(C)C)C(C)C.